The molecule has 2 saturated heterocycles. The predicted molar refractivity (Wildman–Crippen MR) is 90.7 cm³/mol. The zero-order valence-corrected chi connectivity index (χ0v) is 15.0. The zero-order chi connectivity index (χ0) is 14.1. The smallest absolute Gasteiger partial charge is 0.107 e. The van der Waals surface area contributed by atoms with Crippen molar-refractivity contribution in [1.82, 2.24) is 10.2 Å². The largest absolute Gasteiger partial charge is 0.311 e. The van der Waals surface area contributed by atoms with Crippen molar-refractivity contribution >= 4 is 38.9 Å². The number of thiophene rings is 1. The van der Waals surface area contributed by atoms with E-state index in [1.54, 1.807) is 11.3 Å². The molecule has 2 bridgehead atoms. The normalized spacial score (nSPS) is 29.3. The first kappa shape index (κ1) is 15.3. The van der Waals surface area contributed by atoms with Crippen LogP contribution in [0, 0.1) is 0 Å². The minimum Gasteiger partial charge on any atom is -0.311 e. The minimum absolute atomic E-state index is 0.744. The summed E-state index contributed by atoms with van der Waals surface area (Å²) in [6, 6.07) is 4.45. The van der Waals surface area contributed by atoms with Gasteiger partial charge in [-0.1, -0.05) is 18.5 Å². The molecule has 0 aromatic carbocycles. The number of hydrogen-bond donors (Lipinski definition) is 1. The summed E-state index contributed by atoms with van der Waals surface area (Å²) in [5.74, 6) is 0. The van der Waals surface area contributed by atoms with E-state index < -0.39 is 0 Å². The minimum atomic E-state index is 0.744. The summed E-state index contributed by atoms with van der Waals surface area (Å²) in [4.78, 5) is 4.06. The number of piperidine rings is 1. The molecule has 2 aliphatic rings. The summed E-state index contributed by atoms with van der Waals surface area (Å²) >= 11 is 11.4. The molecular weight excluding hydrogens is 356 g/mol. The van der Waals surface area contributed by atoms with Gasteiger partial charge in [0.1, 0.15) is 4.34 Å². The fourth-order valence-corrected chi connectivity index (χ4v) is 5.49. The lowest BCUT2D eigenvalue weighted by molar-refractivity contribution is 0.135. The highest BCUT2D eigenvalue weighted by molar-refractivity contribution is 9.10. The van der Waals surface area contributed by atoms with E-state index in [9.17, 15) is 0 Å². The molecule has 2 atom stereocenters. The van der Waals surface area contributed by atoms with E-state index in [0.717, 1.165) is 33.5 Å². The van der Waals surface area contributed by atoms with Crippen LogP contribution in [-0.4, -0.2) is 29.6 Å². The van der Waals surface area contributed by atoms with Crippen LogP contribution in [0.3, 0.4) is 0 Å². The monoisotopic (exact) mass is 376 g/mol. The lowest BCUT2D eigenvalue weighted by Crippen LogP contribution is -2.48. The SMILES string of the molecule is CCCN(Cc1cc(Br)c(Cl)s1)C1CC2CCC(C1)N2. The molecule has 20 heavy (non-hydrogen) atoms. The molecule has 3 rings (SSSR count). The van der Waals surface area contributed by atoms with Crippen molar-refractivity contribution in [3.63, 3.8) is 0 Å². The van der Waals surface area contributed by atoms with Crippen LogP contribution in [0.15, 0.2) is 10.5 Å². The number of nitrogens with one attached hydrogen (secondary N) is 1. The summed E-state index contributed by atoms with van der Waals surface area (Å²) < 4.78 is 1.92. The topological polar surface area (TPSA) is 15.3 Å². The number of hydrogen-bond acceptors (Lipinski definition) is 3. The van der Waals surface area contributed by atoms with Crippen LogP contribution in [0.2, 0.25) is 4.34 Å². The van der Waals surface area contributed by atoms with Gasteiger partial charge in [-0.2, -0.15) is 0 Å². The molecule has 2 nitrogen and oxygen atoms in total. The highest BCUT2D eigenvalue weighted by Crippen LogP contribution is 2.35. The molecule has 0 radical (unpaired) electrons. The zero-order valence-electron chi connectivity index (χ0n) is 11.9. The second-order valence-electron chi connectivity index (χ2n) is 6.07. The molecule has 1 N–H and O–H groups in total. The van der Waals surface area contributed by atoms with Crippen molar-refractivity contribution in [1.29, 1.82) is 0 Å². The fourth-order valence-electron chi connectivity index (χ4n) is 3.67. The maximum absolute atomic E-state index is 6.18. The molecule has 1 aromatic rings. The van der Waals surface area contributed by atoms with Crippen LogP contribution >= 0.6 is 38.9 Å². The fraction of sp³-hybridized carbons (Fsp3) is 0.733. The molecule has 3 heterocycles. The van der Waals surface area contributed by atoms with Crippen LogP contribution in [0.4, 0.5) is 0 Å². The molecule has 2 fully saturated rings. The third-order valence-electron chi connectivity index (χ3n) is 4.53. The van der Waals surface area contributed by atoms with Gasteiger partial charge in [-0.25, -0.2) is 0 Å². The molecule has 2 aliphatic heterocycles. The van der Waals surface area contributed by atoms with Gasteiger partial charge >= 0.3 is 0 Å². The Bertz CT molecular complexity index is 433. The second-order valence-corrected chi connectivity index (χ2v) is 8.66. The Balaban J connectivity index is 1.68. The first-order chi connectivity index (χ1) is 9.65. The highest BCUT2D eigenvalue weighted by atomic mass is 79.9. The van der Waals surface area contributed by atoms with Crippen LogP contribution in [0.5, 0.6) is 0 Å². The first-order valence-corrected chi connectivity index (χ1v) is 9.58. The maximum atomic E-state index is 6.18. The van der Waals surface area contributed by atoms with Gasteiger partial charge in [0, 0.05) is 34.0 Å². The average molecular weight is 378 g/mol. The Labute approximate surface area is 139 Å². The summed E-state index contributed by atoms with van der Waals surface area (Å²) in [5.41, 5.74) is 0. The molecule has 2 unspecified atom stereocenters. The Kier molecular flexibility index (Phi) is 5.09. The van der Waals surface area contributed by atoms with Crippen molar-refractivity contribution in [2.24, 2.45) is 0 Å². The predicted octanol–water partition coefficient (Wildman–Crippen LogP) is 4.66. The standard InChI is InChI=1S/C15H22BrClN2S/c1-2-5-19(9-13-8-14(16)15(17)20-13)12-6-10-3-4-11(7-12)18-10/h8,10-12,18H,2-7,9H2,1H3. The molecular formula is C15H22BrClN2S. The van der Waals surface area contributed by atoms with E-state index in [1.807, 2.05) is 0 Å². The van der Waals surface area contributed by atoms with Crippen molar-refractivity contribution < 1.29 is 0 Å². The van der Waals surface area contributed by atoms with Crippen LogP contribution < -0.4 is 5.32 Å². The average Bonchev–Trinajstić information content (AvgIpc) is 2.92. The number of nitrogens with zero attached hydrogens (tertiary/aromatic N) is 1. The van der Waals surface area contributed by atoms with Gasteiger partial charge in [0.2, 0.25) is 0 Å². The Morgan fingerprint density at radius 2 is 2.10 bits per heavy atom. The van der Waals surface area contributed by atoms with Crippen molar-refractivity contribution in [2.75, 3.05) is 6.54 Å². The third-order valence-corrected chi connectivity index (χ3v) is 6.99. The lowest BCUT2D eigenvalue weighted by Gasteiger charge is -2.37. The van der Waals surface area contributed by atoms with E-state index in [1.165, 1.54) is 43.5 Å². The van der Waals surface area contributed by atoms with Gasteiger partial charge in [0.15, 0.2) is 0 Å². The number of halogens is 2. The van der Waals surface area contributed by atoms with E-state index >= 15 is 0 Å². The number of fused-ring (bicyclic) bond motifs is 2. The van der Waals surface area contributed by atoms with E-state index in [0.29, 0.717) is 0 Å². The molecule has 0 aliphatic carbocycles. The van der Waals surface area contributed by atoms with E-state index in [2.05, 4.69) is 39.1 Å². The molecule has 1 aromatic heterocycles. The third kappa shape index (κ3) is 3.41. The van der Waals surface area contributed by atoms with Crippen molar-refractivity contribution in [3.05, 3.63) is 19.8 Å². The van der Waals surface area contributed by atoms with E-state index in [-0.39, 0.29) is 0 Å². The highest BCUT2D eigenvalue weighted by Gasteiger charge is 2.35. The summed E-state index contributed by atoms with van der Waals surface area (Å²) in [5, 5.41) is 3.74. The molecule has 5 heteroatoms. The van der Waals surface area contributed by atoms with Gasteiger partial charge < -0.3 is 5.32 Å². The van der Waals surface area contributed by atoms with Gasteiger partial charge in [-0.15, -0.1) is 11.3 Å². The molecule has 0 saturated carbocycles. The molecule has 112 valence electrons. The van der Waals surface area contributed by atoms with E-state index in [4.69, 9.17) is 11.6 Å². The van der Waals surface area contributed by atoms with Gasteiger partial charge in [-0.3, -0.25) is 4.90 Å². The number of rotatable bonds is 5. The first-order valence-electron chi connectivity index (χ1n) is 7.59. The Hall–Kier alpha value is 0.390. The van der Waals surface area contributed by atoms with Crippen LogP contribution in [0.25, 0.3) is 0 Å². The van der Waals surface area contributed by atoms with Gasteiger partial charge in [0.25, 0.3) is 0 Å². The van der Waals surface area contributed by atoms with Gasteiger partial charge in [0.05, 0.1) is 0 Å². The molecule has 0 amide bonds. The Morgan fingerprint density at radius 3 is 2.65 bits per heavy atom. The van der Waals surface area contributed by atoms with Crippen LogP contribution in [0.1, 0.15) is 43.9 Å². The van der Waals surface area contributed by atoms with Crippen LogP contribution in [-0.2, 0) is 6.54 Å². The summed E-state index contributed by atoms with van der Waals surface area (Å²) in [6.45, 7) is 4.52. The lowest BCUT2D eigenvalue weighted by atomic mass is 9.98. The van der Waals surface area contributed by atoms with Crippen molar-refractivity contribution in [3.8, 4) is 0 Å². The Morgan fingerprint density at radius 1 is 1.40 bits per heavy atom. The maximum Gasteiger partial charge on any atom is 0.107 e. The summed E-state index contributed by atoms with van der Waals surface area (Å²) in [6.07, 6.45) is 6.60. The van der Waals surface area contributed by atoms with Crippen molar-refractivity contribution in [2.45, 2.75) is 63.7 Å². The second kappa shape index (κ2) is 6.66. The van der Waals surface area contributed by atoms with Gasteiger partial charge in [-0.05, 0) is 60.6 Å². The summed E-state index contributed by atoms with van der Waals surface area (Å²) in [7, 11) is 0. The quantitative estimate of drug-likeness (QED) is 0.803. The molecule has 0 spiro atoms.